The van der Waals surface area contributed by atoms with E-state index in [1.807, 2.05) is 36.2 Å². The first-order chi connectivity index (χ1) is 13.4. The molecule has 2 N–H and O–H groups in total. The number of fused-ring (bicyclic) bond motifs is 2. The topological polar surface area (TPSA) is 104 Å². The van der Waals surface area contributed by atoms with Crippen LogP contribution >= 0.6 is 11.3 Å². The number of amides is 1. The van der Waals surface area contributed by atoms with Crippen LogP contribution in [0.15, 0.2) is 33.5 Å². The Morgan fingerprint density at radius 1 is 1.29 bits per heavy atom. The maximum absolute atomic E-state index is 12.5. The molecule has 3 heterocycles. The Labute approximate surface area is 164 Å². The molecule has 0 atom stereocenters. The van der Waals surface area contributed by atoms with Gasteiger partial charge in [-0.05, 0) is 33.0 Å². The molecule has 0 aliphatic heterocycles. The van der Waals surface area contributed by atoms with Crippen molar-refractivity contribution in [3.63, 3.8) is 0 Å². The number of nitrogens with one attached hydrogen (secondary N) is 2. The van der Waals surface area contributed by atoms with Crippen LogP contribution in [0.1, 0.15) is 16.5 Å². The zero-order valence-corrected chi connectivity index (χ0v) is 16.5. The number of hydrogen-bond donors (Lipinski definition) is 2. The van der Waals surface area contributed by atoms with Gasteiger partial charge in [0.2, 0.25) is 11.8 Å². The number of carbonyl (C=O) groups excluding carboxylic acids is 1. The normalized spacial score (nSPS) is 11.6. The molecule has 9 heteroatoms. The number of aryl methyl sites for hydroxylation is 2. The van der Waals surface area contributed by atoms with Crippen LogP contribution in [0.25, 0.3) is 21.0 Å². The van der Waals surface area contributed by atoms with Crippen LogP contribution in [0.5, 0.6) is 0 Å². The van der Waals surface area contributed by atoms with E-state index in [-0.39, 0.29) is 18.3 Å². The molecule has 3 aromatic heterocycles. The second-order valence-electron chi connectivity index (χ2n) is 6.67. The number of benzene rings is 1. The number of para-hydroxylation sites is 1. The zero-order chi connectivity index (χ0) is 19.8. The minimum atomic E-state index is -0.393. The first-order valence-electron chi connectivity index (χ1n) is 8.73. The highest BCUT2D eigenvalue weighted by Crippen LogP contribution is 2.28. The van der Waals surface area contributed by atoms with Crippen molar-refractivity contribution in [2.75, 3.05) is 18.9 Å². The van der Waals surface area contributed by atoms with E-state index in [0.29, 0.717) is 28.8 Å². The summed E-state index contributed by atoms with van der Waals surface area (Å²) in [7, 11) is 1.85. The lowest BCUT2D eigenvalue weighted by atomic mass is 10.2. The third-order valence-corrected chi connectivity index (χ3v) is 5.43. The van der Waals surface area contributed by atoms with E-state index in [9.17, 15) is 9.59 Å². The summed E-state index contributed by atoms with van der Waals surface area (Å²) in [6.45, 7) is 4.21. The number of thiazole rings is 1. The summed E-state index contributed by atoms with van der Waals surface area (Å²) >= 11 is 1.61. The van der Waals surface area contributed by atoms with Gasteiger partial charge in [-0.2, -0.15) is 5.10 Å². The van der Waals surface area contributed by atoms with E-state index < -0.39 is 5.56 Å². The number of likely N-dealkylation sites (N-methyl/N-ethyl adjacent to an activating group) is 1. The van der Waals surface area contributed by atoms with E-state index in [1.165, 1.54) is 0 Å². The van der Waals surface area contributed by atoms with Crippen molar-refractivity contribution < 1.29 is 9.21 Å². The van der Waals surface area contributed by atoms with Gasteiger partial charge in [0.15, 0.2) is 0 Å². The minimum absolute atomic E-state index is 0.138. The Hall–Kier alpha value is -3.04. The minimum Gasteiger partial charge on any atom is -0.444 e. The van der Waals surface area contributed by atoms with Gasteiger partial charge in [0.1, 0.15) is 16.2 Å². The number of aromatic nitrogens is 3. The number of aromatic amines is 1. The molecule has 0 aliphatic rings. The second kappa shape index (κ2) is 7.17. The first-order valence-corrected chi connectivity index (χ1v) is 9.55. The van der Waals surface area contributed by atoms with Crippen molar-refractivity contribution in [1.82, 2.24) is 20.1 Å². The number of anilines is 1. The van der Waals surface area contributed by atoms with Crippen LogP contribution in [0.3, 0.4) is 0 Å². The van der Waals surface area contributed by atoms with Gasteiger partial charge in [-0.15, -0.1) is 11.3 Å². The molecule has 1 amide bonds. The van der Waals surface area contributed by atoms with Gasteiger partial charge in [0.05, 0.1) is 34.4 Å². The summed E-state index contributed by atoms with van der Waals surface area (Å²) in [6, 6.07) is 7.94. The summed E-state index contributed by atoms with van der Waals surface area (Å²) < 4.78 is 6.74. The smallest absolute Gasteiger partial charge is 0.277 e. The second-order valence-corrected chi connectivity index (χ2v) is 7.79. The van der Waals surface area contributed by atoms with Gasteiger partial charge in [0.25, 0.3) is 5.56 Å². The first kappa shape index (κ1) is 18.3. The molecule has 28 heavy (non-hydrogen) atoms. The molecule has 0 bridgehead atoms. The molecule has 0 radical (unpaired) electrons. The van der Waals surface area contributed by atoms with Gasteiger partial charge in [-0.25, -0.2) is 10.1 Å². The number of rotatable bonds is 5. The highest BCUT2D eigenvalue weighted by Gasteiger charge is 2.19. The number of hydrogen-bond acceptors (Lipinski definition) is 7. The predicted octanol–water partition coefficient (Wildman–Crippen LogP) is 2.81. The average molecular weight is 397 g/mol. The Bertz CT molecular complexity index is 1210. The Morgan fingerprint density at radius 2 is 2.07 bits per heavy atom. The molecule has 4 aromatic rings. The average Bonchev–Trinajstić information content (AvgIpc) is 3.18. The summed E-state index contributed by atoms with van der Waals surface area (Å²) in [5, 5.41) is 11.0. The zero-order valence-electron chi connectivity index (χ0n) is 15.7. The van der Waals surface area contributed by atoms with Crippen LogP contribution in [-0.4, -0.2) is 39.6 Å². The fraction of sp³-hybridized carbons (Fsp3) is 0.263. The molecule has 0 unspecified atom stereocenters. The third-order valence-electron chi connectivity index (χ3n) is 4.41. The lowest BCUT2D eigenvalue weighted by Gasteiger charge is -2.14. The highest BCUT2D eigenvalue weighted by molar-refractivity contribution is 7.18. The van der Waals surface area contributed by atoms with Crippen LogP contribution in [0.2, 0.25) is 0 Å². The van der Waals surface area contributed by atoms with E-state index in [1.54, 1.807) is 25.2 Å². The molecule has 8 nitrogen and oxygen atoms in total. The SMILES string of the molecule is Cc1n[nH]c(=O)c2c(NC(=O)CN(C)Cc3nc4ccccc4s3)oc(C)c12. The number of furan rings is 1. The summed E-state index contributed by atoms with van der Waals surface area (Å²) in [5.74, 6) is 0.426. The van der Waals surface area contributed by atoms with Gasteiger partial charge < -0.3 is 4.42 Å². The van der Waals surface area contributed by atoms with Crippen LogP contribution < -0.4 is 10.9 Å². The van der Waals surface area contributed by atoms with Crippen molar-refractivity contribution in [3.05, 3.63) is 51.1 Å². The Kier molecular flexibility index (Phi) is 4.70. The quantitative estimate of drug-likeness (QED) is 0.537. The Balaban J connectivity index is 1.48. The van der Waals surface area contributed by atoms with Gasteiger partial charge >= 0.3 is 0 Å². The van der Waals surface area contributed by atoms with Crippen molar-refractivity contribution in [2.24, 2.45) is 0 Å². The third kappa shape index (κ3) is 3.41. The van der Waals surface area contributed by atoms with Crippen LogP contribution in [0, 0.1) is 13.8 Å². The molecule has 0 fully saturated rings. The number of H-pyrrole nitrogens is 1. The highest BCUT2D eigenvalue weighted by atomic mass is 32.1. The van der Waals surface area contributed by atoms with Crippen molar-refractivity contribution in [3.8, 4) is 0 Å². The largest absolute Gasteiger partial charge is 0.444 e. The van der Waals surface area contributed by atoms with Crippen LogP contribution in [0.4, 0.5) is 5.88 Å². The van der Waals surface area contributed by atoms with Crippen molar-refractivity contribution in [2.45, 2.75) is 20.4 Å². The molecule has 1 aromatic carbocycles. The molecular formula is C19H19N5O3S. The Morgan fingerprint density at radius 3 is 2.86 bits per heavy atom. The van der Waals surface area contributed by atoms with Gasteiger partial charge in [0, 0.05) is 0 Å². The van der Waals surface area contributed by atoms with E-state index in [2.05, 4.69) is 20.5 Å². The van der Waals surface area contributed by atoms with Crippen molar-refractivity contribution in [1.29, 1.82) is 0 Å². The molecule has 144 valence electrons. The molecule has 0 aliphatic carbocycles. The van der Waals surface area contributed by atoms with Gasteiger partial charge in [-0.3, -0.25) is 19.8 Å². The van der Waals surface area contributed by atoms with E-state index >= 15 is 0 Å². The van der Waals surface area contributed by atoms with E-state index in [4.69, 9.17) is 4.42 Å². The molecule has 0 saturated carbocycles. The fourth-order valence-electron chi connectivity index (χ4n) is 3.22. The maximum Gasteiger partial charge on any atom is 0.277 e. The summed E-state index contributed by atoms with van der Waals surface area (Å²) in [4.78, 5) is 31.1. The van der Waals surface area contributed by atoms with E-state index in [0.717, 1.165) is 15.2 Å². The molecule has 0 saturated heterocycles. The summed E-state index contributed by atoms with van der Waals surface area (Å²) in [5.41, 5.74) is 1.21. The van der Waals surface area contributed by atoms with Crippen LogP contribution in [-0.2, 0) is 11.3 Å². The maximum atomic E-state index is 12.5. The summed E-state index contributed by atoms with van der Waals surface area (Å²) in [6.07, 6.45) is 0. The molecule has 4 rings (SSSR count). The lowest BCUT2D eigenvalue weighted by molar-refractivity contribution is -0.117. The monoisotopic (exact) mass is 397 g/mol. The van der Waals surface area contributed by atoms with Crippen molar-refractivity contribution >= 4 is 44.1 Å². The standard InChI is InChI=1S/C19H19N5O3S/c1-10-16-11(2)27-19(17(16)18(26)23-22-10)21-14(25)8-24(3)9-15-20-12-6-4-5-7-13(12)28-15/h4-7H,8-9H2,1-3H3,(H,21,25)(H,23,26). The predicted molar refractivity (Wildman–Crippen MR) is 109 cm³/mol. The number of carbonyl (C=O) groups is 1. The lowest BCUT2D eigenvalue weighted by Crippen LogP contribution is -2.30. The molecular weight excluding hydrogens is 378 g/mol. The van der Waals surface area contributed by atoms with Gasteiger partial charge in [-0.1, -0.05) is 12.1 Å². The number of nitrogens with zero attached hydrogens (tertiary/aromatic N) is 3. The fourth-order valence-corrected chi connectivity index (χ4v) is 4.26. The molecule has 0 spiro atoms.